The summed E-state index contributed by atoms with van der Waals surface area (Å²) < 4.78 is 34.9. The van der Waals surface area contributed by atoms with Gasteiger partial charge in [0.2, 0.25) is 11.9 Å². The summed E-state index contributed by atoms with van der Waals surface area (Å²) in [6.07, 6.45) is 2.45. The van der Waals surface area contributed by atoms with Gasteiger partial charge in [-0.2, -0.15) is 0 Å². The number of hydrogen-bond acceptors (Lipinski definition) is 6. The zero-order valence-electron chi connectivity index (χ0n) is 20.4. The summed E-state index contributed by atoms with van der Waals surface area (Å²) in [4.78, 5) is 18.5. The molecular weight excluding hydrogens is 442 g/mol. The number of hydrogen-bond donors (Lipinski definition) is 3. The van der Waals surface area contributed by atoms with Crippen molar-refractivity contribution in [3.63, 3.8) is 0 Å². The molecule has 2 heterocycles. The molecule has 33 heavy (non-hydrogen) atoms. The molecule has 1 aromatic carbocycles. The molecule has 2 aliphatic rings. The number of amides is 1. The Hall–Kier alpha value is -2.33. The molecule has 184 valence electrons. The molecule has 1 saturated heterocycles. The predicted molar refractivity (Wildman–Crippen MR) is 129 cm³/mol. The second-order valence-electron chi connectivity index (χ2n) is 9.51. The topological polar surface area (TPSA) is 126 Å². The molecule has 10 heteroatoms. The van der Waals surface area contributed by atoms with E-state index in [2.05, 4.69) is 15.0 Å². The highest BCUT2D eigenvalue weighted by atomic mass is 32.2. The minimum atomic E-state index is -3.90. The quantitative estimate of drug-likeness (QED) is 0.309. The van der Waals surface area contributed by atoms with Crippen LogP contribution < -0.4 is 20.5 Å². The van der Waals surface area contributed by atoms with Gasteiger partial charge in [-0.3, -0.25) is 9.79 Å². The molecule has 0 radical (unpaired) electrons. The molecular formula is C23H37N5O4S. The van der Waals surface area contributed by atoms with Crippen molar-refractivity contribution < 1.29 is 17.9 Å². The van der Waals surface area contributed by atoms with Crippen LogP contribution in [0.3, 0.4) is 0 Å². The third-order valence-electron chi connectivity index (χ3n) is 6.35. The van der Waals surface area contributed by atoms with Crippen molar-refractivity contribution >= 4 is 21.9 Å². The van der Waals surface area contributed by atoms with Crippen LogP contribution in [0.2, 0.25) is 0 Å². The van der Waals surface area contributed by atoms with Crippen molar-refractivity contribution in [2.24, 2.45) is 10.7 Å². The second-order valence-corrected chi connectivity index (χ2v) is 11.1. The molecule has 1 fully saturated rings. The highest BCUT2D eigenvalue weighted by Crippen LogP contribution is 2.43. The fourth-order valence-electron chi connectivity index (χ4n) is 4.53. The van der Waals surface area contributed by atoms with Crippen molar-refractivity contribution in [3.05, 3.63) is 22.3 Å². The molecule has 0 spiro atoms. The first-order chi connectivity index (χ1) is 15.4. The van der Waals surface area contributed by atoms with E-state index in [9.17, 15) is 13.2 Å². The molecule has 4 N–H and O–H groups in total. The maximum Gasteiger partial charge on any atom is 0.264 e. The molecule has 1 aromatic rings. The minimum absolute atomic E-state index is 0.142. The van der Waals surface area contributed by atoms with Crippen molar-refractivity contribution in [2.75, 3.05) is 32.7 Å². The van der Waals surface area contributed by atoms with Crippen LogP contribution in [0.25, 0.3) is 0 Å². The SMILES string of the molecule is Cc1c(C)c(S(=O)(=O)NC(N)=NCCCCC(=O)N2CCNCC2)c(C)c2c1OC(C)(C)C2. The number of sulfonamides is 1. The van der Waals surface area contributed by atoms with E-state index in [1.165, 1.54) is 0 Å². The number of fused-ring (bicyclic) bond motifs is 1. The lowest BCUT2D eigenvalue weighted by atomic mass is 9.94. The molecule has 0 aromatic heterocycles. The van der Waals surface area contributed by atoms with E-state index in [1.807, 2.05) is 32.6 Å². The van der Waals surface area contributed by atoms with E-state index >= 15 is 0 Å². The number of carbonyl (C=O) groups excluding carboxylic acids is 1. The number of ether oxygens (including phenoxy) is 1. The van der Waals surface area contributed by atoms with Gasteiger partial charge in [0.1, 0.15) is 11.4 Å². The first kappa shape index (κ1) is 25.3. The third kappa shape index (κ3) is 5.78. The van der Waals surface area contributed by atoms with Crippen LogP contribution in [0.1, 0.15) is 55.4 Å². The Labute approximate surface area is 197 Å². The average molecular weight is 480 g/mol. The summed E-state index contributed by atoms with van der Waals surface area (Å²) in [6, 6.07) is 0. The van der Waals surface area contributed by atoms with Crippen LogP contribution in [0.4, 0.5) is 0 Å². The normalized spacial score (nSPS) is 18.1. The first-order valence-corrected chi connectivity index (χ1v) is 13.0. The van der Waals surface area contributed by atoms with Gasteiger partial charge in [-0.05, 0) is 64.2 Å². The number of nitrogens with zero attached hydrogens (tertiary/aromatic N) is 2. The zero-order valence-corrected chi connectivity index (χ0v) is 21.2. The van der Waals surface area contributed by atoms with Crippen LogP contribution >= 0.6 is 0 Å². The Balaban J connectivity index is 1.61. The molecule has 9 nitrogen and oxygen atoms in total. The van der Waals surface area contributed by atoms with Crippen LogP contribution in [0.15, 0.2) is 9.89 Å². The van der Waals surface area contributed by atoms with Crippen LogP contribution in [0, 0.1) is 20.8 Å². The summed E-state index contributed by atoms with van der Waals surface area (Å²) in [6.45, 7) is 13.0. The Bertz CT molecular complexity index is 1040. The maximum absolute atomic E-state index is 13.2. The van der Waals surface area contributed by atoms with Gasteiger partial charge in [0.15, 0.2) is 0 Å². The molecule has 0 bridgehead atoms. The summed E-state index contributed by atoms with van der Waals surface area (Å²) in [7, 11) is -3.90. The van der Waals surface area contributed by atoms with E-state index in [0.717, 1.165) is 43.1 Å². The lowest BCUT2D eigenvalue weighted by Crippen LogP contribution is -2.46. The number of rotatable bonds is 7. The molecule has 0 saturated carbocycles. The van der Waals surface area contributed by atoms with Gasteiger partial charge in [-0.15, -0.1) is 0 Å². The monoisotopic (exact) mass is 479 g/mol. The minimum Gasteiger partial charge on any atom is -0.487 e. The number of nitrogens with two attached hydrogens (primary N) is 1. The number of aliphatic imine (C=N–C) groups is 1. The average Bonchev–Trinajstić information content (AvgIpc) is 3.08. The highest BCUT2D eigenvalue weighted by molar-refractivity contribution is 7.90. The summed E-state index contributed by atoms with van der Waals surface area (Å²) >= 11 is 0. The van der Waals surface area contributed by atoms with Gasteiger partial charge in [-0.1, -0.05) is 0 Å². The smallest absolute Gasteiger partial charge is 0.264 e. The van der Waals surface area contributed by atoms with Crippen LogP contribution in [-0.2, 0) is 21.2 Å². The number of piperazine rings is 1. The van der Waals surface area contributed by atoms with Crippen molar-refractivity contribution in [3.8, 4) is 5.75 Å². The van der Waals surface area contributed by atoms with Gasteiger partial charge >= 0.3 is 0 Å². The molecule has 0 atom stereocenters. The van der Waals surface area contributed by atoms with Crippen molar-refractivity contribution in [1.29, 1.82) is 0 Å². The number of carbonyl (C=O) groups is 1. The van der Waals surface area contributed by atoms with E-state index in [-0.39, 0.29) is 22.4 Å². The van der Waals surface area contributed by atoms with Crippen LogP contribution in [-0.4, -0.2) is 63.5 Å². The molecule has 0 aliphatic carbocycles. The zero-order chi connectivity index (χ0) is 24.4. The predicted octanol–water partition coefficient (Wildman–Crippen LogP) is 1.52. The van der Waals surface area contributed by atoms with E-state index < -0.39 is 10.0 Å². The summed E-state index contributed by atoms with van der Waals surface area (Å²) in [5, 5.41) is 3.23. The standard InChI is InChI=1S/C23H37N5O4S/c1-15-16(2)21(17(3)18-14-23(4,5)32-20(15)18)33(30,31)27-22(24)26-9-7-6-8-19(29)28-12-10-25-11-13-28/h25H,6-14H2,1-5H3,(H3,24,26,27). The van der Waals surface area contributed by atoms with E-state index in [0.29, 0.717) is 43.4 Å². The maximum atomic E-state index is 13.2. The number of nitrogens with one attached hydrogen (secondary N) is 2. The van der Waals surface area contributed by atoms with Gasteiger partial charge < -0.3 is 20.7 Å². The van der Waals surface area contributed by atoms with Gasteiger partial charge in [-0.25, -0.2) is 13.1 Å². The van der Waals surface area contributed by atoms with Crippen LogP contribution in [0.5, 0.6) is 5.75 Å². The first-order valence-electron chi connectivity index (χ1n) is 11.6. The van der Waals surface area contributed by atoms with Gasteiger partial charge in [0, 0.05) is 51.1 Å². The highest BCUT2D eigenvalue weighted by Gasteiger charge is 2.36. The fraction of sp³-hybridized carbons (Fsp3) is 0.652. The Kier molecular flexibility index (Phi) is 7.58. The Morgan fingerprint density at radius 2 is 1.82 bits per heavy atom. The molecule has 2 aliphatic heterocycles. The summed E-state index contributed by atoms with van der Waals surface area (Å²) in [5.41, 5.74) is 8.62. The Morgan fingerprint density at radius 3 is 2.48 bits per heavy atom. The lowest BCUT2D eigenvalue weighted by Gasteiger charge is -2.27. The molecule has 1 amide bonds. The van der Waals surface area contributed by atoms with E-state index in [1.54, 1.807) is 6.92 Å². The number of guanidine groups is 1. The third-order valence-corrected chi connectivity index (χ3v) is 7.98. The lowest BCUT2D eigenvalue weighted by molar-refractivity contribution is -0.131. The van der Waals surface area contributed by atoms with Gasteiger partial charge in [0.05, 0.1) is 4.90 Å². The Morgan fingerprint density at radius 1 is 1.15 bits per heavy atom. The molecule has 0 unspecified atom stereocenters. The number of unbranched alkanes of at least 4 members (excludes halogenated alkanes) is 1. The number of benzene rings is 1. The second kappa shape index (κ2) is 9.89. The van der Waals surface area contributed by atoms with Crippen molar-refractivity contribution in [1.82, 2.24) is 14.9 Å². The fourth-order valence-corrected chi connectivity index (χ4v) is 6.05. The summed E-state index contributed by atoms with van der Waals surface area (Å²) in [5.74, 6) is 0.794. The van der Waals surface area contributed by atoms with Crippen molar-refractivity contribution in [2.45, 2.75) is 70.8 Å². The van der Waals surface area contributed by atoms with E-state index in [4.69, 9.17) is 10.5 Å². The largest absolute Gasteiger partial charge is 0.487 e. The van der Waals surface area contributed by atoms with Gasteiger partial charge in [0.25, 0.3) is 10.0 Å². The molecule has 3 rings (SSSR count).